The van der Waals surface area contributed by atoms with Gasteiger partial charge in [-0.15, -0.1) is 10.2 Å². The Labute approximate surface area is 163 Å². The van der Waals surface area contributed by atoms with Gasteiger partial charge in [0.15, 0.2) is 0 Å². The van der Waals surface area contributed by atoms with Crippen LogP contribution in [-0.4, -0.2) is 44.3 Å². The van der Waals surface area contributed by atoms with E-state index in [0.29, 0.717) is 41.3 Å². The van der Waals surface area contributed by atoms with Crippen molar-refractivity contribution in [2.75, 3.05) is 12.0 Å². The van der Waals surface area contributed by atoms with E-state index in [2.05, 4.69) is 33.0 Å². The summed E-state index contributed by atoms with van der Waals surface area (Å²) in [6, 6.07) is 3.91. The number of hydrogen-bond donors (Lipinski definition) is 3. The first-order valence-electron chi connectivity index (χ1n) is 9.42. The number of aryl methyl sites for hydroxylation is 2. The molecule has 1 saturated carbocycles. The molecule has 0 saturated heterocycles. The zero-order chi connectivity index (χ0) is 20.3. The molecule has 9 heteroatoms. The molecular formula is C19H26N6O3. The predicted octanol–water partition coefficient (Wildman–Crippen LogP) is 2.13. The van der Waals surface area contributed by atoms with Crippen LogP contribution in [0, 0.1) is 25.2 Å². The fourth-order valence-corrected chi connectivity index (χ4v) is 3.81. The van der Waals surface area contributed by atoms with Crippen LogP contribution in [0.3, 0.4) is 0 Å². The third-order valence-electron chi connectivity index (χ3n) is 5.48. The molecule has 28 heavy (non-hydrogen) atoms. The van der Waals surface area contributed by atoms with E-state index >= 15 is 0 Å². The molecule has 0 atom stereocenters. The number of hydroxylamine groups is 2. The zero-order valence-electron chi connectivity index (χ0n) is 16.4. The number of carbonyl (C=O) groups excluding carboxylic acids is 2. The fourth-order valence-electron chi connectivity index (χ4n) is 3.81. The van der Waals surface area contributed by atoms with Crippen molar-refractivity contribution < 1.29 is 14.8 Å². The summed E-state index contributed by atoms with van der Waals surface area (Å²) in [4.78, 5) is 28.2. The van der Waals surface area contributed by atoms with Gasteiger partial charge in [-0.1, -0.05) is 13.0 Å². The molecule has 0 radical (unpaired) electrons. The highest BCUT2D eigenvalue weighted by molar-refractivity contribution is 5.84. The van der Waals surface area contributed by atoms with E-state index in [-0.39, 0.29) is 18.4 Å². The molecule has 1 fully saturated rings. The SMILES string of the molecule is Cc1cc(C)c2nc(NNC(=O)[C@]3(CN(O)C=O)CC[C@H](C)CC3)nnc2c1. The topological polar surface area (TPSA) is 120 Å². The highest BCUT2D eigenvalue weighted by atomic mass is 16.5. The van der Waals surface area contributed by atoms with Crippen molar-refractivity contribution >= 4 is 29.3 Å². The van der Waals surface area contributed by atoms with E-state index in [1.54, 1.807) is 0 Å². The normalized spacial score (nSPS) is 21.9. The van der Waals surface area contributed by atoms with Crippen LogP contribution in [0.4, 0.5) is 5.95 Å². The maximum atomic E-state index is 12.9. The molecule has 1 aromatic heterocycles. The predicted molar refractivity (Wildman–Crippen MR) is 103 cm³/mol. The quantitative estimate of drug-likeness (QED) is 0.395. The second-order valence-corrected chi connectivity index (χ2v) is 7.83. The van der Waals surface area contributed by atoms with Crippen molar-refractivity contribution in [1.29, 1.82) is 0 Å². The largest absolute Gasteiger partial charge is 0.286 e. The van der Waals surface area contributed by atoms with Gasteiger partial charge in [-0.2, -0.15) is 0 Å². The molecular weight excluding hydrogens is 360 g/mol. The van der Waals surface area contributed by atoms with Crippen LogP contribution in [0.2, 0.25) is 0 Å². The van der Waals surface area contributed by atoms with Crippen molar-refractivity contribution in [2.45, 2.75) is 46.5 Å². The summed E-state index contributed by atoms with van der Waals surface area (Å²) < 4.78 is 0. The van der Waals surface area contributed by atoms with Gasteiger partial charge in [0.25, 0.3) is 5.95 Å². The Morgan fingerprint density at radius 3 is 2.71 bits per heavy atom. The molecule has 150 valence electrons. The number of anilines is 1. The lowest BCUT2D eigenvalue weighted by atomic mass is 9.70. The van der Waals surface area contributed by atoms with Gasteiger partial charge in [-0.3, -0.25) is 25.6 Å². The first kappa shape index (κ1) is 19.9. The van der Waals surface area contributed by atoms with Crippen LogP contribution in [0.1, 0.15) is 43.7 Å². The van der Waals surface area contributed by atoms with Gasteiger partial charge in [0, 0.05) is 0 Å². The number of aromatic nitrogens is 3. The summed E-state index contributed by atoms with van der Waals surface area (Å²) in [5.74, 6) is 0.393. The number of amides is 2. The summed E-state index contributed by atoms with van der Waals surface area (Å²) in [6.45, 7) is 6.01. The van der Waals surface area contributed by atoms with Gasteiger partial charge in [0.05, 0.1) is 17.5 Å². The average Bonchev–Trinajstić information content (AvgIpc) is 2.68. The molecule has 0 bridgehead atoms. The van der Waals surface area contributed by atoms with Gasteiger partial charge >= 0.3 is 0 Å². The van der Waals surface area contributed by atoms with Crippen molar-refractivity contribution in [2.24, 2.45) is 11.3 Å². The van der Waals surface area contributed by atoms with E-state index in [4.69, 9.17) is 0 Å². The maximum Gasteiger partial charge on any atom is 0.262 e. The Hall–Kier alpha value is -2.81. The highest BCUT2D eigenvalue weighted by Gasteiger charge is 2.42. The van der Waals surface area contributed by atoms with Crippen LogP contribution in [0.25, 0.3) is 11.0 Å². The molecule has 2 aromatic rings. The van der Waals surface area contributed by atoms with E-state index in [0.717, 1.165) is 24.0 Å². The molecule has 1 aromatic carbocycles. The molecule has 0 aliphatic heterocycles. The summed E-state index contributed by atoms with van der Waals surface area (Å²) in [6.07, 6.45) is 3.20. The second kappa shape index (κ2) is 8.05. The average molecular weight is 386 g/mol. The molecule has 3 N–H and O–H groups in total. The highest BCUT2D eigenvalue weighted by Crippen LogP contribution is 2.39. The zero-order valence-corrected chi connectivity index (χ0v) is 16.4. The van der Waals surface area contributed by atoms with Crippen LogP contribution in [0.15, 0.2) is 12.1 Å². The number of benzene rings is 1. The molecule has 0 unspecified atom stereocenters. The van der Waals surface area contributed by atoms with Crippen molar-refractivity contribution in [3.05, 3.63) is 23.3 Å². The van der Waals surface area contributed by atoms with Gasteiger partial charge in [0.1, 0.15) is 5.52 Å². The Balaban J connectivity index is 1.75. The number of rotatable bonds is 6. The Morgan fingerprint density at radius 1 is 1.32 bits per heavy atom. The number of hydrogen-bond acceptors (Lipinski definition) is 7. The lowest BCUT2D eigenvalue weighted by Gasteiger charge is -2.38. The third kappa shape index (κ3) is 4.19. The Morgan fingerprint density at radius 2 is 2.04 bits per heavy atom. The van der Waals surface area contributed by atoms with Gasteiger partial charge in [0.2, 0.25) is 12.3 Å². The lowest BCUT2D eigenvalue weighted by molar-refractivity contribution is -0.163. The number of nitrogens with zero attached hydrogens (tertiary/aromatic N) is 4. The maximum absolute atomic E-state index is 12.9. The number of hydrazine groups is 1. The molecule has 1 aliphatic rings. The standard InChI is InChI=1S/C19H26N6O3/c1-12-4-6-19(7-5-12,10-25(28)11-26)17(27)22-24-18-20-16-14(3)8-13(2)9-15(16)21-23-18/h8-9,11-12,28H,4-7,10H2,1-3H3,(H,22,27)(H,20,23,24)/t12-,19+. The number of nitrogens with one attached hydrogen (secondary N) is 2. The molecule has 0 spiro atoms. The Kier molecular flexibility index (Phi) is 5.73. The lowest BCUT2D eigenvalue weighted by Crippen LogP contribution is -2.51. The molecule has 3 rings (SSSR count). The van der Waals surface area contributed by atoms with Gasteiger partial charge in [-0.05, 0) is 62.6 Å². The first-order valence-corrected chi connectivity index (χ1v) is 9.42. The van der Waals surface area contributed by atoms with Gasteiger partial charge in [-0.25, -0.2) is 10.0 Å². The second-order valence-electron chi connectivity index (χ2n) is 7.83. The molecule has 1 aliphatic carbocycles. The van der Waals surface area contributed by atoms with Crippen molar-refractivity contribution in [1.82, 2.24) is 25.7 Å². The van der Waals surface area contributed by atoms with Crippen LogP contribution in [0.5, 0.6) is 0 Å². The van der Waals surface area contributed by atoms with Crippen molar-refractivity contribution in [3.8, 4) is 0 Å². The van der Waals surface area contributed by atoms with Crippen LogP contribution < -0.4 is 10.9 Å². The summed E-state index contributed by atoms with van der Waals surface area (Å²) >= 11 is 0. The van der Waals surface area contributed by atoms with Crippen molar-refractivity contribution in [3.63, 3.8) is 0 Å². The minimum atomic E-state index is -0.855. The van der Waals surface area contributed by atoms with Crippen LogP contribution in [-0.2, 0) is 9.59 Å². The summed E-state index contributed by atoms with van der Waals surface area (Å²) in [5.41, 5.74) is 7.96. The smallest absolute Gasteiger partial charge is 0.262 e. The van der Waals surface area contributed by atoms with E-state index in [1.165, 1.54) is 0 Å². The first-order chi connectivity index (χ1) is 13.3. The van der Waals surface area contributed by atoms with E-state index < -0.39 is 5.41 Å². The number of carbonyl (C=O) groups is 2. The molecule has 1 heterocycles. The number of fused-ring (bicyclic) bond motifs is 1. The molecule has 9 nitrogen and oxygen atoms in total. The molecule has 2 amide bonds. The monoisotopic (exact) mass is 386 g/mol. The minimum Gasteiger partial charge on any atom is -0.286 e. The Bertz CT molecular complexity index is 879. The summed E-state index contributed by atoms with van der Waals surface area (Å²) in [7, 11) is 0. The summed E-state index contributed by atoms with van der Waals surface area (Å²) in [5, 5.41) is 18.4. The van der Waals surface area contributed by atoms with Gasteiger partial charge < -0.3 is 0 Å². The van der Waals surface area contributed by atoms with E-state index in [9.17, 15) is 14.8 Å². The third-order valence-corrected chi connectivity index (χ3v) is 5.48. The minimum absolute atomic E-state index is 0.0497. The fraction of sp³-hybridized carbons (Fsp3) is 0.526. The van der Waals surface area contributed by atoms with E-state index in [1.807, 2.05) is 26.0 Å². The van der Waals surface area contributed by atoms with Crippen LogP contribution >= 0.6 is 0 Å².